The first-order valence-corrected chi connectivity index (χ1v) is 11.8. The van der Waals surface area contributed by atoms with Gasteiger partial charge in [-0.3, -0.25) is 25.0 Å². The summed E-state index contributed by atoms with van der Waals surface area (Å²) in [5.41, 5.74) is 0.629. The maximum absolute atomic E-state index is 13.3. The van der Waals surface area contributed by atoms with Crippen molar-refractivity contribution in [2.24, 2.45) is 5.10 Å². The predicted octanol–water partition coefficient (Wildman–Crippen LogP) is 5.56. The van der Waals surface area contributed by atoms with Crippen LogP contribution in [-0.2, 0) is 6.61 Å². The average Bonchev–Trinajstić information content (AvgIpc) is 2.87. The van der Waals surface area contributed by atoms with Gasteiger partial charge in [0, 0.05) is 34.2 Å². The highest BCUT2D eigenvalue weighted by Gasteiger charge is 2.20. The molecule has 37 heavy (non-hydrogen) atoms. The largest absolute Gasteiger partial charge is 0.481 e. The monoisotopic (exact) mass is 565 g/mol. The molecule has 4 rings (SSSR count). The summed E-state index contributed by atoms with van der Waals surface area (Å²) in [6.45, 7) is 3.68. The van der Waals surface area contributed by atoms with Gasteiger partial charge in [-0.05, 0) is 42.0 Å². The molecule has 0 bridgehead atoms. The molecule has 12 heteroatoms. The van der Waals surface area contributed by atoms with Gasteiger partial charge in [-0.25, -0.2) is 4.98 Å². The fourth-order valence-corrected chi connectivity index (χ4v) is 3.95. The van der Waals surface area contributed by atoms with Crippen LogP contribution in [-0.4, -0.2) is 25.7 Å². The summed E-state index contributed by atoms with van der Waals surface area (Å²) >= 11 is 3.36. The van der Waals surface area contributed by atoms with E-state index in [1.165, 1.54) is 47.3 Å². The number of hydrogen-bond acceptors (Lipinski definition) is 8. The molecule has 0 aliphatic carbocycles. The molecule has 0 amide bonds. The minimum atomic E-state index is -0.580. The Morgan fingerprint density at radius 3 is 2.46 bits per heavy atom. The van der Waals surface area contributed by atoms with Crippen molar-refractivity contribution in [2.75, 3.05) is 0 Å². The smallest absolute Gasteiger partial charge is 0.311 e. The molecule has 0 unspecified atom stereocenters. The van der Waals surface area contributed by atoms with E-state index in [9.17, 15) is 25.0 Å². The maximum atomic E-state index is 13.3. The number of nitro groups is 2. The van der Waals surface area contributed by atoms with Crippen molar-refractivity contribution in [2.45, 2.75) is 26.4 Å². The van der Waals surface area contributed by atoms with Crippen LogP contribution in [0.25, 0.3) is 10.9 Å². The lowest BCUT2D eigenvalue weighted by Gasteiger charge is -2.13. The van der Waals surface area contributed by atoms with E-state index >= 15 is 0 Å². The molecule has 3 aromatic carbocycles. The SMILES string of the molecule is CC(C)c1nc2ccc(Br)cc2c(=O)n1N=Cc1cccc([N+](=O)[O-])c1OCc1ccc([N+](=O)[O-])cc1. The second kappa shape index (κ2) is 10.7. The number of aromatic nitrogens is 2. The van der Waals surface area contributed by atoms with E-state index in [1.54, 1.807) is 24.3 Å². The molecule has 0 atom stereocenters. The van der Waals surface area contributed by atoms with Crippen molar-refractivity contribution in [1.29, 1.82) is 0 Å². The van der Waals surface area contributed by atoms with Crippen LogP contribution < -0.4 is 10.3 Å². The van der Waals surface area contributed by atoms with Gasteiger partial charge in [0.25, 0.3) is 11.2 Å². The van der Waals surface area contributed by atoms with Crippen molar-refractivity contribution >= 4 is 44.4 Å². The zero-order valence-electron chi connectivity index (χ0n) is 19.7. The second-order valence-corrected chi connectivity index (χ2v) is 9.23. The Labute approximate surface area is 218 Å². The van der Waals surface area contributed by atoms with E-state index in [0.717, 1.165) is 0 Å². The molecule has 0 saturated carbocycles. The second-order valence-electron chi connectivity index (χ2n) is 8.31. The number of rotatable bonds is 8. The Kier molecular flexibility index (Phi) is 7.39. The number of ether oxygens (including phenoxy) is 1. The molecule has 1 heterocycles. The van der Waals surface area contributed by atoms with Crippen LogP contribution in [0.2, 0.25) is 0 Å². The topological polar surface area (TPSA) is 143 Å². The number of nitrogens with zero attached hydrogens (tertiary/aromatic N) is 5. The Bertz CT molecular complexity index is 1600. The molecule has 0 saturated heterocycles. The van der Waals surface area contributed by atoms with Crippen LogP contribution in [0.4, 0.5) is 11.4 Å². The van der Waals surface area contributed by atoms with Crippen molar-refractivity contribution in [3.8, 4) is 5.75 Å². The molecule has 4 aromatic rings. The molecule has 0 spiro atoms. The summed E-state index contributed by atoms with van der Waals surface area (Å²) in [7, 11) is 0. The van der Waals surface area contributed by atoms with Crippen LogP contribution in [0.15, 0.2) is 75.0 Å². The van der Waals surface area contributed by atoms with E-state index < -0.39 is 9.85 Å². The zero-order chi connectivity index (χ0) is 26.7. The number of non-ortho nitro benzene ring substituents is 1. The lowest BCUT2D eigenvalue weighted by molar-refractivity contribution is -0.386. The lowest BCUT2D eigenvalue weighted by atomic mass is 10.1. The number of halogens is 1. The first kappa shape index (κ1) is 25.6. The average molecular weight is 566 g/mol. The van der Waals surface area contributed by atoms with Gasteiger partial charge in [0.2, 0.25) is 5.75 Å². The normalized spacial score (nSPS) is 11.4. The van der Waals surface area contributed by atoms with E-state index in [1.807, 2.05) is 13.8 Å². The molecule has 188 valence electrons. The van der Waals surface area contributed by atoms with Crippen molar-refractivity contribution < 1.29 is 14.6 Å². The van der Waals surface area contributed by atoms with Crippen LogP contribution in [0.3, 0.4) is 0 Å². The van der Waals surface area contributed by atoms with Crippen LogP contribution in [0.1, 0.15) is 36.7 Å². The van der Waals surface area contributed by atoms with Crippen molar-refractivity contribution in [3.63, 3.8) is 0 Å². The minimum absolute atomic E-state index is 0.0507. The Morgan fingerprint density at radius 2 is 1.81 bits per heavy atom. The van der Waals surface area contributed by atoms with Crippen molar-refractivity contribution in [3.05, 3.63) is 113 Å². The standard InChI is InChI=1S/C25H20BrN5O6/c1-15(2)24-28-21-11-8-18(26)12-20(21)25(32)29(24)27-13-17-4-3-5-22(31(35)36)23(17)37-14-16-6-9-19(10-7-16)30(33)34/h3-13,15H,14H2,1-2H3. The number of nitro benzene ring substituents is 2. The first-order chi connectivity index (χ1) is 17.7. The summed E-state index contributed by atoms with van der Waals surface area (Å²) in [6, 6.07) is 15.2. The van der Waals surface area contributed by atoms with Crippen LogP contribution >= 0.6 is 15.9 Å². The van der Waals surface area contributed by atoms with Gasteiger partial charge in [-0.1, -0.05) is 35.8 Å². The minimum Gasteiger partial charge on any atom is -0.481 e. The van der Waals surface area contributed by atoms with Crippen LogP contribution in [0.5, 0.6) is 5.75 Å². The molecule has 11 nitrogen and oxygen atoms in total. The molecule has 0 aliphatic heterocycles. The molecule has 1 aromatic heterocycles. The van der Waals surface area contributed by atoms with E-state index in [0.29, 0.717) is 26.8 Å². The summed E-state index contributed by atoms with van der Waals surface area (Å²) in [4.78, 5) is 39.3. The van der Waals surface area contributed by atoms with Gasteiger partial charge in [-0.2, -0.15) is 9.78 Å². The van der Waals surface area contributed by atoms with Gasteiger partial charge in [0.15, 0.2) is 0 Å². The van der Waals surface area contributed by atoms with E-state index in [-0.39, 0.29) is 40.8 Å². The van der Waals surface area contributed by atoms with Gasteiger partial charge in [-0.15, -0.1) is 0 Å². The van der Waals surface area contributed by atoms with Gasteiger partial charge < -0.3 is 4.74 Å². The number of para-hydroxylation sites is 1. The summed E-state index contributed by atoms with van der Waals surface area (Å²) in [6.07, 6.45) is 1.32. The molecule has 0 N–H and O–H groups in total. The summed E-state index contributed by atoms with van der Waals surface area (Å²) < 4.78 is 7.68. The van der Waals surface area contributed by atoms with Gasteiger partial charge >= 0.3 is 5.69 Å². The van der Waals surface area contributed by atoms with E-state index in [4.69, 9.17) is 4.74 Å². The van der Waals surface area contributed by atoms with Crippen molar-refractivity contribution in [1.82, 2.24) is 9.66 Å². The number of fused-ring (bicyclic) bond motifs is 1. The Morgan fingerprint density at radius 1 is 1.08 bits per heavy atom. The fourth-order valence-electron chi connectivity index (χ4n) is 3.59. The Hall–Kier alpha value is -4.45. The molecule has 0 radical (unpaired) electrons. The molecular weight excluding hydrogens is 546 g/mol. The zero-order valence-corrected chi connectivity index (χ0v) is 21.3. The summed E-state index contributed by atoms with van der Waals surface area (Å²) in [5, 5.41) is 27.3. The highest BCUT2D eigenvalue weighted by Crippen LogP contribution is 2.31. The first-order valence-electron chi connectivity index (χ1n) is 11.1. The number of benzene rings is 3. The van der Waals surface area contributed by atoms with Crippen LogP contribution in [0, 0.1) is 20.2 Å². The lowest BCUT2D eigenvalue weighted by Crippen LogP contribution is -2.23. The van der Waals surface area contributed by atoms with Gasteiger partial charge in [0.1, 0.15) is 12.4 Å². The fraction of sp³-hybridized carbons (Fsp3) is 0.160. The summed E-state index contributed by atoms with van der Waals surface area (Å²) in [5.74, 6) is 0.237. The molecule has 0 fully saturated rings. The number of hydrogen-bond donors (Lipinski definition) is 0. The quantitative estimate of drug-likeness (QED) is 0.154. The molecule has 0 aliphatic rings. The van der Waals surface area contributed by atoms with Gasteiger partial charge in [0.05, 0.1) is 27.0 Å². The third-order valence-corrected chi connectivity index (χ3v) is 5.91. The highest BCUT2D eigenvalue weighted by molar-refractivity contribution is 9.10. The third kappa shape index (κ3) is 5.54. The third-order valence-electron chi connectivity index (χ3n) is 5.41. The Balaban J connectivity index is 1.75. The molecular formula is C25H20BrN5O6. The van der Waals surface area contributed by atoms with E-state index in [2.05, 4.69) is 26.0 Å². The maximum Gasteiger partial charge on any atom is 0.311 e. The predicted molar refractivity (Wildman–Crippen MR) is 141 cm³/mol. The highest BCUT2D eigenvalue weighted by atomic mass is 79.9.